The molecule has 5 nitrogen and oxygen atoms in total. The lowest BCUT2D eigenvalue weighted by atomic mass is 10.4. The van der Waals surface area contributed by atoms with E-state index in [1.807, 2.05) is 0 Å². The van der Waals surface area contributed by atoms with Crippen LogP contribution in [0.4, 0.5) is 0 Å². The molecule has 0 amide bonds. The van der Waals surface area contributed by atoms with Gasteiger partial charge in [0.05, 0.1) is 6.04 Å². The molecule has 0 heterocycles. The Morgan fingerprint density at radius 1 is 1.50 bits per heavy atom. The zero-order valence-electron chi connectivity index (χ0n) is 6.69. The molecule has 0 aliphatic rings. The highest BCUT2D eigenvalue weighted by Gasteiger charge is 2.15. The van der Waals surface area contributed by atoms with Gasteiger partial charge in [-0.05, 0) is 6.92 Å². The Labute approximate surface area is 74.5 Å². The van der Waals surface area contributed by atoms with Crippen LogP contribution in [0, 0.1) is 0 Å². The molecule has 0 aliphatic heterocycles. The van der Waals surface area contributed by atoms with Crippen molar-refractivity contribution in [1.29, 1.82) is 0 Å². The lowest BCUT2D eigenvalue weighted by Crippen LogP contribution is -2.34. The van der Waals surface area contributed by atoms with Crippen molar-refractivity contribution >= 4 is 22.8 Å². The van der Waals surface area contributed by atoms with Gasteiger partial charge in [-0.25, -0.2) is 0 Å². The maximum atomic E-state index is 10.9. The number of rotatable bonds is 4. The predicted octanol–water partition coefficient (Wildman–Crippen LogP) is -0.995. The molecular weight excluding hydrogens is 180 g/mol. The van der Waals surface area contributed by atoms with Crippen LogP contribution in [0.25, 0.3) is 0 Å². The molecule has 0 fully saturated rings. The third-order valence-corrected chi connectivity index (χ3v) is 2.28. The number of nitrogens with two attached hydrogens (primary N) is 2. The molecule has 2 atom stereocenters. The van der Waals surface area contributed by atoms with Crippen molar-refractivity contribution in [1.82, 2.24) is 0 Å². The fraction of sp³-hybridized carbons (Fsp3) is 0.667. The van der Waals surface area contributed by atoms with Crippen LogP contribution >= 0.6 is 11.8 Å². The standard InChI is InChI=1S/C6H12N2O3S/c1-3(7)6(11)12-2-4(8)5(9)10/h3-4H,2,7-8H2,1H3,(H,9,10). The Bertz CT molecular complexity index is 184. The van der Waals surface area contributed by atoms with E-state index >= 15 is 0 Å². The van der Waals surface area contributed by atoms with Gasteiger partial charge in [0.15, 0.2) is 0 Å². The maximum Gasteiger partial charge on any atom is 0.321 e. The molecule has 0 radical (unpaired) electrons. The number of hydrogen-bond donors (Lipinski definition) is 3. The Hall–Kier alpha value is -0.590. The number of hydrogen-bond acceptors (Lipinski definition) is 5. The molecule has 0 aliphatic carbocycles. The van der Waals surface area contributed by atoms with Gasteiger partial charge in [0, 0.05) is 5.75 Å². The van der Waals surface area contributed by atoms with Crippen LogP contribution in [-0.4, -0.2) is 34.0 Å². The molecule has 0 saturated heterocycles. The van der Waals surface area contributed by atoms with Crippen LogP contribution in [0.2, 0.25) is 0 Å². The van der Waals surface area contributed by atoms with Crippen molar-refractivity contribution in [2.45, 2.75) is 19.0 Å². The van der Waals surface area contributed by atoms with E-state index in [4.69, 9.17) is 16.6 Å². The van der Waals surface area contributed by atoms with E-state index in [0.29, 0.717) is 0 Å². The molecule has 0 saturated carbocycles. The SMILES string of the molecule is CC(N)C(=O)SCC(N)C(=O)O. The fourth-order valence-corrected chi connectivity index (χ4v) is 1.12. The van der Waals surface area contributed by atoms with Gasteiger partial charge in [0.1, 0.15) is 6.04 Å². The minimum absolute atomic E-state index is 0.0652. The molecule has 0 rings (SSSR count). The lowest BCUT2D eigenvalue weighted by molar-refractivity contribution is -0.137. The molecule has 6 heteroatoms. The number of carbonyl (C=O) groups is 2. The molecule has 0 aromatic rings. The van der Waals surface area contributed by atoms with Crippen LogP contribution in [0.1, 0.15) is 6.92 Å². The Morgan fingerprint density at radius 2 is 2.00 bits per heavy atom. The second kappa shape index (κ2) is 5.13. The van der Waals surface area contributed by atoms with Crippen LogP contribution in [-0.2, 0) is 9.59 Å². The number of carboxylic acids is 1. The summed E-state index contributed by atoms with van der Waals surface area (Å²) in [6.07, 6.45) is 0. The van der Waals surface area contributed by atoms with Gasteiger partial charge < -0.3 is 16.6 Å². The van der Waals surface area contributed by atoms with Gasteiger partial charge in [-0.2, -0.15) is 0 Å². The summed E-state index contributed by atoms with van der Waals surface area (Å²) < 4.78 is 0. The minimum atomic E-state index is -1.11. The fourth-order valence-electron chi connectivity index (χ4n) is 0.375. The topological polar surface area (TPSA) is 106 Å². The van der Waals surface area contributed by atoms with E-state index in [1.54, 1.807) is 6.92 Å². The normalized spacial score (nSPS) is 15.2. The summed E-state index contributed by atoms with van der Waals surface area (Å²) in [6, 6.07) is -1.58. The van der Waals surface area contributed by atoms with Crippen molar-refractivity contribution in [2.75, 3.05) is 5.75 Å². The first-order valence-corrected chi connectivity index (χ1v) is 4.34. The molecule has 0 spiro atoms. The van der Waals surface area contributed by atoms with E-state index in [-0.39, 0.29) is 10.9 Å². The highest BCUT2D eigenvalue weighted by atomic mass is 32.2. The molecule has 12 heavy (non-hydrogen) atoms. The molecule has 0 bridgehead atoms. The second-order valence-corrected chi connectivity index (χ2v) is 3.39. The average molecular weight is 192 g/mol. The smallest absolute Gasteiger partial charge is 0.321 e. The van der Waals surface area contributed by atoms with E-state index < -0.39 is 18.1 Å². The van der Waals surface area contributed by atoms with Crippen LogP contribution < -0.4 is 11.5 Å². The molecular formula is C6H12N2O3S. The lowest BCUT2D eigenvalue weighted by Gasteiger charge is -2.06. The molecule has 70 valence electrons. The van der Waals surface area contributed by atoms with Crippen molar-refractivity contribution in [3.63, 3.8) is 0 Å². The Kier molecular flexibility index (Phi) is 4.87. The first-order chi connectivity index (χ1) is 5.45. The quantitative estimate of drug-likeness (QED) is 0.527. The largest absolute Gasteiger partial charge is 0.480 e. The van der Waals surface area contributed by atoms with Crippen LogP contribution in [0.3, 0.4) is 0 Å². The van der Waals surface area contributed by atoms with Gasteiger partial charge >= 0.3 is 5.97 Å². The van der Waals surface area contributed by atoms with Crippen molar-refractivity contribution in [2.24, 2.45) is 11.5 Å². The zero-order chi connectivity index (χ0) is 9.72. The molecule has 0 aromatic heterocycles. The molecule has 2 unspecified atom stereocenters. The predicted molar refractivity (Wildman–Crippen MR) is 46.7 cm³/mol. The number of aliphatic carboxylic acids is 1. The average Bonchev–Trinajstić information content (AvgIpc) is 1.98. The summed E-state index contributed by atoms with van der Waals surface area (Å²) in [6.45, 7) is 1.54. The maximum absolute atomic E-state index is 10.9. The molecule has 5 N–H and O–H groups in total. The van der Waals surface area contributed by atoms with E-state index in [2.05, 4.69) is 0 Å². The zero-order valence-corrected chi connectivity index (χ0v) is 7.50. The minimum Gasteiger partial charge on any atom is -0.480 e. The third-order valence-electron chi connectivity index (χ3n) is 1.09. The van der Waals surface area contributed by atoms with Crippen molar-refractivity contribution < 1.29 is 14.7 Å². The molecule has 0 aromatic carbocycles. The van der Waals surface area contributed by atoms with Gasteiger partial charge in [0.25, 0.3) is 0 Å². The number of carbonyl (C=O) groups excluding carboxylic acids is 1. The van der Waals surface area contributed by atoms with Crippen LogP contribution in [0.15, 0.2) is 0 Å². The van der Waals surface area contributed by atoms with Gasteiger partial charge in [-0.3, -0.25) is 9.59 Å². The first-order valence-electron chi connectivity index (χ1n) is 3.35. The summed E-state index contributed by atoms with van der Waals surface area (Å²) >= 11 is 0.851. The second-order valence-electron chi connectivity index (χ2n) is 2.36. The summed E-state index contributed by atoms with van der Waals surface area (Å²) in [5, 5.41) is 8.11. The van der Waals surface area contributed by atoms with Gasteiger partial charge in [0.2, 0.25) is 5.12 Å². The summed E-state index contributed by atoms with van der Waals surface area (Å²) in [5.74, 6) is -1.05. The van der Waals surface area contributed by atoms with Crippen molar-refractivity contribution in [3.8, 4) is 0 Å². The monoisotopic (exact) mass is 192 g/mol. The van der Waals surface area contributed by atoms with Gasteiger partial charge in [-0.15, -0.1) is 0 Å². The summed E-state index contributed by atoms with van der Waals surface area (Å²) in [4.78, 5) is 21.1. The van der Waals surface area contributed by atoms with Crippen LogP contribution in [0.5, 0.6) is 0 Å². The van der Waals surface area contributed by atoms with Crippen molar-refractivity contribution in [3.05, 3.63) is 0 Å². The highest BCUT2D eigenvalue weighted by Crippen LogP contribution is 2.05. The summed E-state index contributed by atoms with van der Waals surface area (Å²) in [5.41, 5.74) is 10.4. The van der Waals surface area contributed by atoms with E-state index in [1.165, 1.54) is 0 Å². The van der Waals surface area contributed by atoms with E-state index in [0.717, 1.165) is 11.8 Å². The Morgan fingerprint density at radius 3 is 2.33 bits per heavy atom. The third kappa shape index (κ3) is 4.32. The first kappa shape index (κ1) is 11.4. The van der Waals surface area contributed by atoms with E-state index in [9.17, 15) is 9.59 Å². The Balaban J connectivity index is 3.69. The summed E-state index contributed by atoms with van der Waals surface area (Å²) in [7, 11) is 0. The van der Waals surface area contributed by atoms with Gasteiger partial charge in [-0.1, -0.05) is 11.8 Å². The number of carboxylic acid groups (broad SMARTS) is 1. The number of thioether (sulfide) groups is 1. The highest BCUT2D eigenvalue weighted by molar-refractivity contribution is 8.13.